The van der Waals surface area contributed by atoms with Crippen LogP contribution in [0.1, 0.15) is 24.5 Å². The lowest BCUT2D eigenvalue weighted by molar-refractivity contribution is -0.146. The van der Waals surface area contributed by atoms with Crippen molar-refractivity contribution in [3.05, 3.63) is 29.3 Å². The minimum Gasteiger partial charge on any atom is -0.467 e. The van der Waals surface area contributed by atoms with Crippen LogP contribution in [0.3, 0.4) is 0 Å². The first-order valence-electron chi connectivity index (χ1n) is 6.95. The largest absolute Gasteiger partial charge is 0.467 e. The molecule has 0 N–H and O–H groups in total. The summed E-state index contributed by atoms with van der Waals surface area (Å²) in [5.74, 6) is -0.988. The highest BCUT2D eigenvalue weighted by atomic mass is 16.5. The van der Waals surface area contributed by atoms with E-state index in [1.807, 2.05) is 32.0 Å². The molecule has 1 aliphatic rings. The second-order valence-corrected chi connectivity index (χ2v) is 5.58. The number of benzene rings is 1. The molecule has 118 valence electrons. The number of hydrogen-bond donors (Lipinski definition) is 0. The minimum absolute atomic E-state index is 0.139. The maximum Gasteiger partial charge on any atom is 0.354 e. The third-order valence-electron chi connectivity index (χ3n) is 3.83. The molecule has 6 nitrogen and oxygen atoms in total. The van der Waals surface area contributed by atoms with Crippen LogP contribution in [0.4, 0.5) is 5.69 Å². The van der Waals surface area contributed by atoms with Crippen LogP contribution in [0.25, 0.3) is 0 Å². The number of anilines is 1. The number of aryl methyl sites for hydroxylation is 2. The van der Waals surface area contributed by atoms with Crippen LogP contribution in [0, 0.1) is 13.8 Å². The molecule has 6 heteroatoms. The van der Waals surface area contributed by atoms with E-state index < -0.39 is 17.5 Å². The average Bonchev–Trinajstić information content (AvgIpc) is 2.84. The Balaban J connectivity index is 2.53. The van der Waals surface area contributed by atoms with Crippen LogP contribution < -0.4 is 5.01 Å². The summed E-state index contributed by atoms with van der Waals surface area (Å²) in [4.78, 5) is 24.1. The molecule has 22 heavy (non-hydrogen) atoms. The van der Waals surface area contributed by atoms with Gasteiger partial charge in [0.25, 0.3) is 0 Å². The lowest BCUT2D eigenvalue weighted by atomic mass is 9.94. The van der Waals surface area contributed by atoms with Gasteiger partial charge in [-0.2, -0.15) is 5.10 Å². The monoisotopic (exact) mass is 304 g/mol. The molecule has 2 rings (SSSR count). The van der Waals surface area contributed by atoms with Gasteiger partial charge in [0, 0.05) is 6.42 Å². The standard InChI is InChI=1S/C16H20N2O4/c1-10-6-7-13(11(2)8-10)18-16(3,15(20)22-5)9-12(17-18)14(19)21-4/h6-8H,9H2,1-5H3. The fourth-order valence-corrected chi connectivity index (χ4v) is 2.64. The predicted molar refractivity (Wildman–Crippen MR) is 82.9 cm³/mol. The van der Waals surface area contributed by atoms with Crippen LogP contribution in [-0.4, -0.2) is 37.4 Å². The molecule has 1 aromatic carbocycles. The van der Waals surface area contributed by atoms with Crippen molar-refractivity contribution < 1.29 is 19.1 Å². The molecule has 0 amide bonds. The maximum absolute atomic E-state index is 12.3. The summed E-state index contributed by atoms with van der Waals surface area (Å²) < 4.78 is 9.63. The average molecular weight is 304 g/mol. The summed E-state index contributed by atoms with van der Waals surface area (Å²) in [6.07, 6.45) is 0.139. The van der Waals surface area contributed by atoms with E-state index >= 15 is 0 Å². The lowest BCUT2D eigenvalue weighted by Crippen LogP contribution is -2.48. The Labute approximate surface area is 129 Å². The molecule has 1 aliphatic heterocycles. The Hall–Kier alpha value is -2.37. The number of hydrogen-bond acceptors (Lipinski definition) is 6. The first kappa shape index (κ1) is 16.0. The molecule has 0 fully saturated rings. The van der Waals surface area contributed by atoms with Gasteiger partial charge >= 0.3 is 11.9 Å². The molecular weight excluding hydrogens is 284 g/mol. The van der Waals surface area contributed by atoms with Crippen molar-refractivity contribution in [1.29, 1.82) is 0 Å². The van der Waals surface area contributed by atoms with E-state index in [0.717, 1.165) is 16.8 Å². The molecule has 0 saturated carbocycles. The second-order valence-electron chi connectivity index (χ2n) is 5.58. The number of hydrazone groups is 1. The Morgan fingerprint density at radius 1 is 1.23 bits per heavy atom. The normalized spacial score (nSPS) is 20.6. The number of rotatable bonds is 3. The summed E-state index contributed by atoms with van der Waals surface area (Å²) in [6.45, 7) is 5.63. The van der Waals surface area contributed by atoms with Gasteiger partial charge in [0.2, 0.25) is 0 Å². The van der Waals surface area contributed by atoms with Gasteiger partial charge in [-0.1, -0.05) is 17.7 Å². The van der Waals surface area contributed by atoms with Gasteiger partial charge in [0.05, 0.1) is 19.9 Å². The zero-order valence-electron chi connectivity index (χ0n) is 13.5. The van der Waals surface area contributed by atoms with Crippen LogP contribution in [0.2, 0.25) is 0 Å². The van der Waals surface area contributed by atoms with E-state index in [4.69, 9.17) is 9.47 Å². The number of methoxy groups -OCH3 is 2. The van der Waals surface area contributed by atoms with E-state index in [1.54, 1.807) is 11.9 Å². The third-order valence-corrected chi connectivity index (χ3v) is 3.83. The summed E-state index contributed by atoms with van der Waals surface area (Å²) in [7, 11) is 2.62. The Morgan fingerprint density at radius 3 is 2.45 bits per heavy atom. The quantitative estimate of drug-likeness (QED) is 0.799. The van der Waals surface area contributed by atoms with Crippen molar-refractivity contribution in [3.63, 3.8) is 0 Å². The summed E-state index contributed by atoms with van der Waals surface area (Å²) in [5.41, 5.74) is 1.97. The zero-order chi connectivity index (χ0) is 16.5. The van der Waals surface area contributed by atoms with E-state index in [-0.39, 0.29) is 12.1 Å². The van der Waals surface area contributed by atoms with Crippen molar-refractivity contribution in [2.75, 3.05) is 19.2 Å². The summed E-state index contributed by atoms with van der Waals surface area (Å²) in [6, 6.07) is 5.82. The zero-order valence-corrected chi connectivity index (χ0v) is 13.5. The number of ether oxygens (including phenoxy) is 2. The maximum atomic E-state index is 12.3. The fourth-order valence-electron chi connectivity index (χ4n) is 2.64. The van der Waals surface area contributed by atoms with Gasteiger partial charge in [-0.25, -0.2) is 14.6 Å². The van der Waals surface area contributed by atoms with Crippen LogP contribution >= 0.6 is 0 Å². The Kier molecular flexibility index (Phi) is 4.21. The molecule has 1 heterocycles. The van der Waals surface area contributed by atoms with E-state index in [0.29, 0.717) is 0 Å². The molecule has 0 saturated heterocycles. The van der Waals surface area contributed by atoms with E-state index in [9.17, 15) is 9.59 Å². The summed E-state index contributed by atoms with van der Waals surface area (Å²) in [5, 5.41) is 5.87. The van der Waals surface area contributed by atoms with Crippen molar-refractivity contribution in [2.45, 2.75) is 32.7 Å². The molecule has 0 aromatic heterocycles. The molecule has 0 spiro atoms. The molecule has 1 unspecified atom stereocenters. The molecule has 0 radical (unpaired) electrons. The van der Waals surface area contributed by atoms with Gasteiger partial charge in [0.15, 0.2) is 5.54 Å². The number of esters is 2. The first-order valence-corrected chi connectivity index (χ1v) is 6.95. The van der Waals surface area contributed by atoms with Gasteiger partial charge in [0.1, 0.15) is 5.71 Å². The van der Waals surface area contributed by atoms with Crippen molar-refractivity contribution >= 4 is 23.3 Å². The predicted octanol–water partition coefficient (Wildman–Crippen LogP) is 1.97. The smallest absolute Gasteiger partial charge is 0.354 e. The Morgan fingerprint density at radius 2 is 1.91 bits per heavy atom. The van der Waals surface area contributed by atoms with Gasteiger partial charge in [-0.05, 0) is 32.4 Å². The SMILES string of the molecule is COC(=O)C1=NN(c2ccc(C)cc2C)C(C)(C(=O)OC)C1. The summed E-state index contributed by atoms with van der Waals surface area (Å²) >= 11 is 0. The number of nitrogens with zero attached hydrogens (tertiary/aromatic N) is 2. The lowest BCUT2D eigenvalue weighted by Gasteiger charge is -2.32. The molecule has 0 bridgehead atoms. The molecule has 1 atom stereocenters. The number of carbonyl (C=O) groups is 2. The van der Waals surface area contributed by atoms with Crippen molar-refractivity contribution in [2.24, 2.45) is 5.10 Å². The Bertz CT molecular complexity index is 654. The molecule has 1 aromatic rings. The number of carbonyl (C=O) groups excluding carboxylic acids is 2. The minimum atomic E-state index is -1.07. The highest BCUT2D eigenvalue weighted by Gasteiger charge is 2.49. The highest BCUT2D eigenvalue weighted by Crippen LogP contribution is 2.36. The van der Waals surface area contributed by atoms with E-state index in [2.05, 4.69) is 5.10 Å². The van der Waals surface area contributed by atoms with Crippen molar-refractivity contribution in [1.82, 2.24) is 0 Å². The van der Waals surface area contributed by atoms with Gasteiger partial charge in [-0.3, -0.25) is 0 Å². The highest BCUT2D eigenvalue weighted by molar-refractivity contribution is 6.38. The third kappa shape index (κ3) is 2.56. The van der Waals surface area contributed by atoms with Crippen molar-refractivity contribution in [3.8, 4) is 0 Å². The first-order chi connectivity index (χ1) is 10.3. The van der Waals surface area contributed by atoms with Gasteiger partial charge < -0.3 is 9.47 Å². The van der Waals surface area contributed by atoms with E-state index in [1.165, 1.54) is 14.2 Å². The topological polar surface area (TPSA) is 68.2 Å². The second kappa shape index (κ2) is 5.79. The van der Waals surface area contributed by atoms with Crippen LogP contribution in [-0.2, 0) is 19.1 Å². The van der Waals surface area contributed by atoms with Gasteiger partial charge in [-0.15, -0.1) is 0 Å². The molecular formula is C16H20N2O4. The fraction of sp³-hybridized carbons (Fsp3) is 0.438. The molecule has 0 aliphatic carbocycles. The van der Waals surface area contributed by atoms with Crippen LogP contribution in [0.15, 0.2) is 23.3 Å². The van der Waals surface area contributed by atoms with Crippen LogP contribution in [0.5, 0.6) is 0 Å².